The van der Waals surface area contributed by atoms with E-state index in [9.17, 15) is 0 Å². The van der Waals surface area contributed by atoms with Crippen LogP contribution in [-0.2, 0) is 0 Å². The van der Waals surface area contributed by atoms with E-state index in [0.717, 1.165) is 11.1 Å². The normalized spacial score (nSPS) is 11.7. The van der Waals surface area contributed by atoms with Crippen molar-refractivity contribution < 1.29 is 0 Å². The molecule has 0 aliphatic heterocycles. The van der Waals surface area contributed by atoms with Crippen LogP contribution in [0.2, 0.25) is 0 Å². The Balaban J connectivity index is 1.84. The molecule has 3 aromatic carbocycles. The highest BCUT2D eigenvalue weighted by molar-refractivity contribution is 5.84. The summed E-state index contributed by atoms with van der Waals surface area (Å²) in [6, 6.07) is 27.2. The standard InChI is InChI=1S/C24H19N/c1-18-11-14-20(15-12-18)21(16-13-19-7-3-2-4-8-19)23-17-25-24-10-6-5-9-22(23)24/h2-12,14-15,17,21,25H,1H3. The molecule has 0 aliphatic rings. The number of fused-ring (bicyclic) bond motifs is 1. The molecule has 0 radical (unpaired) electrons. The third kappa shape index (κ3) is 3.20. The van der Waals surface area contributed by atoms with E-state index < -0.39 is 0 Å². The van der Waals surface area contributed by atoms with Crippen LogP contribution in [0.15, 0.2) is 85.1 Å². The lowest BCUT2D eigenvalue weighted by atomic mass is 9.90. The van der Waals surface area contributed by atoms with Gasteiger partial charge in [-0.15, -0.1) is 0 Å². The molecule has 1 heterocycles. The molecule has 0 aliphatic carbocycles. The van der Waals surface area contributed by atoms with Crippen molar-refractivity contribution in [1.29, 1.82) is 0 Å². The van der Waals surface area contributed by atoms with Crippen LogP contribution in [0.1, 0.15) is 28.2 Å². The molecule has 4 aromatic rings. The van der Waals surface area contributed by atoms with Crippen molar-refractivity contribution in [2.45, 2.75) is 12.8 Å². The molecule has 1 unspecified atom stereocenters. The van der Waals surface area contributed by atoms with Crippen LogP contribution in [-0.4, -0.2) is 4.98 Å². The van der Waals surface area contributed by atoms with Gasteiger partial charge in [-0.1, -0.05) is 78.1 Å². The minimum atomic E-state index is 0.0388. The number of rotatable bonds is 2. The van der Waals surface area contributed by atoms with Gasteiger partial charge in [0.1, 0.15) is 0 Å². The molecule has 0 amide bonds. The van der Waals surface area contributed by atoms with E-state index in [1.54, 1.807) is 0 Å². The average molecular weight is 321 g/mol. The predicted octanol–water partition coefficient (Wildman–Crippen LogP) is 5.66. The fraction of sp³-hybridized carbons (Fsp3) is 0.0833. The Morgan fingerprint density at radius 2 is 1.52 bits per heavy atom. The molecule has 0 fully saturated rings. The van der Waals surface area contributed by atoms with Crippen LogP contribution in [0.4, 0.5) is 0 Å². The van der Waals surface area contributed by atoms with Gasteiger partial charge < -0.3 is 4.98 Å². The Morgan fingerprint density at radius 1 is 0.800 bits per heavy atom. The van der Waals surface area contributed by atoms with Crippen molar-refractivity contribution in [3.8, 4) is 11.8 Å². The first-order valence-corrected chi connectivity index (χ1v) is 8.50. The maximum absolute atomic E-state index is 3.50. The molecule has 1 atom stereocenters. The van der Waals surface area contributed by atoms with E-state index >= 15 is 0 Å². The maximum Gasteiger partial charge on any atom is 0.0726 e. The molecule has 120 valence electrons. The fourth-order valence-electron chi connectivity index (χ4n) is 3.11. The summed E-state index contributed by atoms with van der Waals surface area (Å²) in [4.78, 5) is 3.38. The van der Waals surface area contributed by atoms with Gasteiger partial charge in [0.15, 0.2) is 0 Å². The van der Waals surface area contributed by atoms with Gasteiger partial charge in [0.05, 0.1) is 5.92 Å². The zero-order chi connectivity index (χ0) is 17.1. The van der Waals surface area contributed by atoms with Crippen molar-refractivity contribution in [3.63, 3.8) is 0 Å². The van der Waals surface area contributed by atoms with Crippen LogP contribution < -0.4 is 0 Å². The molecule has 1 nitrogen and oxygen atoms in total. The molecule has 4 rings (SSSR count). The molecule has 1 N–H and O–H groups in total. The molecule has 1 heteroatoms. The van der Waals surface area contributed by atoms with Crippen LogP contribution in [0.3, 0.4) is 0 Å². The number of aromatic nitrogens is 1. The van der Waals surface area contributed by atoms with Gasteiger partial charge in [-0.05, 0) is 36.2 Å². The summed E-state index contributed by atoms with van der Waals surface area (Å²) in [7, 11) is 0. The lowest BCUT2D eigenvalue weighted by Crippen LogP contribution is -1.98. The van der Waals surface area contributed by atoms with Crippen molar-refractivity contribution >= 4 is 10.9 Å². The van der Waals surface area contributed by atoms with Gasteiger partial charge in [-0.2, -0.15) is 0 Å². The highest BCUT2D eigenvalue weighted by Gasteiger charge is 2.15. The smallest absolute Gasteiger partial charge is 0.0726 e. The van der Waals surface area contributed by atoms with Crippen LogP contribution in [0.5, 0.6) is 0 Å². The highest BCUT2D eigenvalue weighted by Crippen LogP contribution is 2.30. The summed E-state index contributed by atoms with van der Waals surface area (Å²) in [6.45, 7) is 2.11. The Hall–Kier alpha value is -3.24. The lowest BCUT2D eigenvalue weighted by Gasteiger charge is -2.11. The van der Waals surface area contributed by atoms with Gasteiger partial charge in [0, 0.05) is 22.7 Å². The van der Waals surface area contributed by atoms with E-state index in [0.29, 0.717) is 0 Å². The Kier molecular flexibility index (Phi) is 4.11. The van der Waals surface area contributed by atoms with Gasteiger partial charge in [0.25, 0.3) is 0 Å². The minimum absolute atomic E-state index is 0.0388. The summed E-state index contributed by atoms with van der Waals surface area (Å²) in [5, 5.41) is 1.23. The highest BCUT2D eigenvalue weighted by atomic mass is 14.7. The lowest BCUT2D eigenvalue weighted by molar-refractivity contribution is 1.07. The summed E-state index contributed by atoms with van der Waals surface area (Å²) < 4.78 is 0. The second-order valence-electron chi connectivity index (χ2n) is 6.27. The van der Waals surface area contributed by atoms with E-state index in [1.165, 1.54) is 22.1 Å². The summed E-state index contributed by atoms with van der Waals surface area (Å²) >= 11 is 0. The Morgan fingerprint density at radius 3 is 2.32 bits per heavy atom. The third-order valence-electron chi connectivity index (χ3n) is 4.48. The molecule has 1 aromatic heterocycles. The number of para-hydroxylation sites is 1. The maximum atomic E-state index is 3.50. The number of aromatic amines is 1. The van der Waals surface area contributed by atoms with Crippen molar-refractivity contribution in [2.24, 2.45) is 0 Å². The number of hydrogen-bond donors (Lipinski definition) is 1. The molecule has 25 heavy (non-hydrogen) atoms. The topological polar surface area (TPSA) is 15.8 Å². The SMILES string of the molecule is Cc1ccc(C(C#Cc2ccccc2)c2c[nH]c3ccccc23)cc1. The number of benzene rings is 3. The van der Waals surface area contributed by atoms with E-state index in [4.69, 9.17) is 0 Å². The van der Waals surface area contributed by atoms with Crippen LogP contribution in [0.25, 0.3) is 10.9 Å². The Bertz CT molecular complexity index is 1040. The molecule has 0 bridgehead atoms. The Labute approximate surface area is 148 Å². The first-order chi connectivity index (χ1) is 12.3. The molecular formula is C24H19N. The number of H-pyrrole nitrogens is 1. The first kappa shape index (κ1) is 15.3. The molecule has 0 saturated carbocycles. The zero-order valence-corrected chi connectivity index (χ0v) is 14.2. The summed E-state index contributed by atoms with van der Waals surface area (Å²) in [6.07, 6.45) is 2.09. The molecule has 0 spiro atoms. The third-order valence-corrected chi connectivity index (χ3v) is 4.48. The van der Waals surface area contributed by atoms with Gasteiger partial charge in [-0.25, -0.2) is 0 Å². The zero-order valence-electron chi connectivity index (χ0n) is 14.2. The number of aryl methyl sites for hydroxylation is 1. The largest absolute Gasteiger partial charge is 0.361 e. The molecular weight excluding hydrogens is 302 g/mol. The second-order valence-corrected chi connectivity index (χ2v) is 6.27. The first-order valence-electron chi connectivity index (χ1n) is 8.50. The van der Waals surface area contributed by atoms with Crippen molar-refractivity contribution in [2.75, 3.05) is 0 Å². The van der Waals surface area contributed by atoms with Gasteiger partial charge >= 0.3 is 0 Å². The average Bonchev–Trinajstić information content (AvgIpc) is 3.08. The monoisotopic (exact) mass is 321 g/mol. The second kappa shape index (κ2) is 6.71. The van der Waals surface area contributed by atoms with Crippen LogP contribution >= 0.6 is 0 Å². The minimum Gasteiger partial charge on any atom is -0.361 e. The van der Waals surface area contributed by atoms with Gasteiger partial charge in [-0.3, -0.25) is 0 Å². The van der Waals surface area contributed by atoms with E-state index in [-0.39, 0.29) is 5.92 Å². The number of hydrogen-bond acceptors (Lipinski definition) is 0. The van der Waals surface area contributed by atoms with Crippen molar-refractivity contribution in [1.82, 2.24) is 4.98 Å². The van der Waals surface area contributed by atoms with Crippen molar-refractivity contribution in [3.05, 3.63) is 107 Å². The van der Waals surface area contributed by atoms with E-state index in [2.05, 4.69) is 90.6 Å². The van der Waals surface area contributed by atoms with E-state index in [1.807, 2.05) is 18.2 Å². The fourth-order valence-corrected chi connectivity index (χ4v) is 3.11. The number of nitrogens with one attached hydrogen (secondary N) is 1. The summed E-state index contributed by atoms with van der Waals surface area (Å²) in [5.74, 6) is 6.88. The predicted molar refractivity (Wildman–Crippen MR) is 105 cm³/mol. The molecule has 0 saturated heterocycles. The quantitative estimate of drug-likeness (QED) is 0.459. The summed E-state index contributed by atoms with van der Waals surface area (Å²) in [5.41, 5.74) is 5.90. The van der Waals surface area contributed by atoms with Crippen LogP contribution in [0, 0.1) is 18.8 Å². The van der Waals surface area contributed by atoms with Gasteiger partial charge in [0.2, 0.25) is 0 Å².